The summed E-state index contributed by atoms with van der Waals surface area (Å²) in [6, 6.07) is 0. The summed E-state index contributed by atoms with van der Waals surface area (Å²) < 4.78 is 0. The third-order valence-electron chi connectivity index (χ3n) is 3.86. The molecule has 2 rings (SSSR count). The van der Waals surface area contributed by atoms with Gasteiger partial charge in [0.15, 0.2) is 0 Å². The predicted octanol–water partition coefficient (Wildman–Crippen LogP) is 1.60. The predicted molar refractivity (Wildman–Crippen MR) is 55.6 cm³/mol. The van der Waals surface area contributed by atoms with E-state index in [0.29, 0.717) is 0 Å². The molecular weight excluding hydrogens is 160 g/mol. The molecule has 1 aliphatic heterocycles. The van der Waals surface area contributed by atoms with Crippen LogP contribution in [0.25, 0.3) is 0 Å². The van der Waals surface area contributed by atoms with Gasteiger partial charge in [-0.25, -0.2) is 0 Å². The molecule has 13 heavy (non-hydrogen) atoms. The molecule has 0 bridgehead atoms. The SMILES string of the molecule is CCC1CC1(N)CCN1CCCC1. The molecule has 0 amide bonds. The van der Waals surface area contributed by atoms with Crippen molar-refractivity contribution in [1.29, 1.82) is 0 Å². The van der Waals surface area contributed by atoms with Crippen LogP contribution in [0.1, 0.15) is 39.0 Å². The average molecular weight is 182 g/mol. The Kier molecular flexibility index (Phi) is 2.61. The third kappa shape index (κ3) is 2.05. The summed E-state index contributed by atoms with van der Waals surface area (Å²) in [4.78, 5) is 2.57. The normalized spacial score (nSPS) is 39.7. The van der Waals surface area contributed by atoms with E-state index in [-0.39, 0.29) is 5.54 Å². The van der Waals surface area contributed by atoms with Crippen molar-refractivity contribution < 1.29 is 0 Å². The van der Waals surface area contributed by atoms with Crippen molar-refractivity contribution in [3.63, 3.8) is 0 Å². The molecule has 2 aliphatic rings. The van der Waals surface area contributed by atoms with Gasteiger partial charge in [0.2, 0.25) is 0 Å². The van der Waals surface area contributed by atoms with Crippen molar-refractivity contribution in [1.82, 2.24) is 4.90 Å². The van der Waals surface area contributed by atoms with Gasteiger partial charge in [0, 0.05) is 5.54 Å². The molecule has 2 unspecified atom stereocenters. The van der Waals surface area contributed by atoms with Crippen LogP contribution in [0.2, 0.25) is 0 Å². The number of hydrogen-bond acceptors (Lipinski definition) is 2. The highest BCUT2D eigenvalue weighted by atomic mass is 15.1. The average Bonchev–Trinajstić information content (AvgIpc) is 2.60. The Balaban J connectivity index is 1.68. The second-order valence-electron chi connectivity index (χ2n) is 4.84. The van der Waals surface area contributed by atoms with Gasteiger partial charge in [-0.2, -0.15) is 0 Å². The molecule has 1 saturated carbocycles. The Labute approximate surface area is 81.5 Å². The van der Waals surface area contributed by atoms with Gasteiger partial charge in [-0.1, -0.05) is 13.3 Å². The molecule has 2 heteroatoms. The number of rotatable bonds is 4. The first-order valence-electron chi connectivity index (χ1n) is 5.76. The molecule has 2 N–H and O–H groups in total. The third-order valence-corrected chi connectivity index (χ3v) is 3.86. The first-order valence-corrected chi connectivity index (χ1v) is 5.76. The van der Waals surface area contributed by atoms with Crippen LogP contribution in [-0.2, 0) is 0 Å². The lowest BCUT2D eigenvalue weighted by molar-refractivity contribution is 0.312. The second kappa shape index (κ2) is 3.58. The van der Waals surface area contributed by atoms with Gasteiger partial charge in [0.1, 0.15) is 0 Å². The van der Waals surface area contributed by atoms with Crippen LogP contribution in [0.3, 0.4) is 0 Å². The zero-order chi connectivity index (χ0) is 9.31. The smallest absolute Gasteiger partial charge is 0.0199 e. The van der Waals surface area contributed by atoms with E-state index < -0.39 is 0 Å². The summed E-state index contributed by atoms with van der Waals surface area (Å²) in [5.74, 6) is 0.829. The molecule has 2 fully saturated rings. The van der Waals surface area contributed by atoms with Crippen LogP contribution in [0, 0.1) is 5.92 Å². The van der Waals surface area contributed by atoms with E-state index in [1.165, 1.54) is 51.7 Å². The van der Waals surface area contributed by atoms with Gasteiger partial charge < -0.3 is 10.6 Å². The first-order chi connectivity index (χ1) is 6.24. The molecule has 2 atom stereocenters. The largest absolute Gasteiger partial charge is 0.325 e. The molecule has 0 spiro atoms. The van der Waals surface area contributed by atoms with E-state index >= 15 is 0 Å². The number of likely N-dealkylation sites (tertiary alicyclic amines) is 1. The van der Waals surface area contributed by atoms with Crippen molar-refractivity contribution in [3.8, 4) is 0 Å². The maximum Gasteiger partial charge on any atom is 0.0199 e. The molecule has 0 radical (unpaired) electrons. The Morgan fingerprint density at radius 1 is 1.38 bits per heavy atom. The lowest BCUT2D eigenvalue weighted by atomic mass is 10.1. The van der Waals surface area contributed by atoms with E-state index in [0.717, 1.165) is 5.92 Å². The highest BCUT2D eigenvalue weighted by Crippen LogP contribution is 2.45. The van der Waals surface area contributed by atoms with E-state index in [4.69, 9.17) is 5.73 Å². The highest BCUT2D eigenvalue weighted by molar-refractivity contribution is 5.07. The minimum absolute atomic E-state index is 0.233. The second-order valence-corrected chi connectivity index (χ2v) is 4.84. The first kappa shape index (κ1) is 9.47. The maximum atomic E-state index is 6.25. The van der Waals surface area contributed by atoms with Crippen LogP contribution in [0.4, 0.5) is 0 Å². The fourth-order valence-electron chi connectivity index (χ4n) is 2.63. The molecule has 1 saturated heterocycles. The Bertz CT molecular complexity index is 175. The van der Waals surface area contributed by atoms with Gasteiger partial charge in [0.25, 0.3) is 0 Å². The number of nitrogens with zero attached hydrogens (tertiary/aromatic N) is 1. The van der Waals surface area contributed by atoms with E-state index in [1.54, 1.807) is 0 Å². The zero-order valence-corrected chi connectivity index (χ0v) is 8.76. The molecule has 0 aromatic rings. The monoisotopic (exact) mass is 182 g/mol. The summed E-state index contributed by atoms with van der Waals surface area (Å²) in [5.41, 5.74) is 6.49. The lowest BCUT2D eigenvalue weighted by Gasteiger charge is -2.18. The van der Waals surface area contributed by atoms with Crippen molar-refractivity contribution >= 4 is 0 Å². The summed E-state index contributed by atoms with van der Waals surface area (Å²) in [7, 11) is 0. The van der Waals surface area contributed by atoms with Gasteiger partial charge in [-0.3, -0.25) is 0 Å². The fraction of sp³-hybridized carbons (Fsp3) is 1.00. The van der Waals surface area contributed by atoms with Crippen molar-refractivity contribution in [2.24, 2.45) is 11.7 Å². The van der Waals surface area contributed by atoms with Gasteiger partial charge in [-0.05, 0) is 51.2 Å². The van der Waals surface area contributed by atoms with Gasteiger partial charge >= 0.3 is 0 Å². The minimum atomic E-state index is 0.233. The summed E-state index contributed by atoms with van der Waals surface area (Å²) in [5, 5.41) is 0. The van der Waals surface area contributed by atoms with E-state index in [2.05, 4.69) is 11.8 Å². The molecule has 2 nitrogen and oxygen atoms in total. The Morgan fingerprint density at radius 2 is 2.08 bits per heavy atom. The van der Waals surface area contributed by atoms with Crippen LogP contribution in [0.5, 0.6) is 0 Å². The Morgan fingerprint density at radius 3 is 2.62 bits per heavy atom. The zero-order valence-electron chi connectivity index (χ0n) is 8.76. The number of nitrogens with two attached hydrogens (primary N) is 1. The summed E-state index contributed by atoms with van der Waals surface area (Å²) in [6.45, 7) is 6.13. The number of hydrogen-bond donors (Lipinski definition) is 1. The van der Waals surface area contributed by atoms with Crippen molar-refractivity contribution in [3.05, 3.63) is 0 Å². The minimum Gasteiger partial charge on any atom is -0.325 e. The standard InChI is InChI=1S/C11H22N2/c1-2-10-9-11(10,12)5-8-13-6-3-4-7-13/h10H,2-9,12H2,1H3. The molecule has 76 valence electrons. The maximum absolute atomic E-state index is 6.25. The molecule has 0 aromatic carbocycles. The summed E-state index contributed by atoms with van der Waals surface area (Å²) in [6.07, 6.45) is 6.57. The van der Waals surface area contributed by atoms with Gasteiger partial charge in [0.05, 0.1) is 0 Å². The summed E-state index contributed by atoms with van der Waals surface area (Å²) >= 11 is 0. The quantitative estimate of drug-likeness (QED) is 0.715. The van der Waals surface area contributed by atoms with E-state index in [9.17, 15) is 0 Å². The van der Waals surface area contributed by atoms with Crippen LogP contribution in [0.15, 0.2) is 0 Å². The topological polar surface area (TPSA) is 29.3 Å². The molecular formula is C11H22N2. The van der Waals surface area contributed by atoms with Crippen LogP contribution < -0.4 is 5.73 Å². The Hall–Kier alpha value is -0.0800. The molecule has 1 aliphatic carbocycles. The van der Waals surface area contributed by atoms with Gasteiger partial charge in [-0.15, -0.1) is 0 Å². The lowest BCUT2D eigenvalue weighted by Crippen LogP contribution is -2.31. The van der Waals surface area contributed by atoms with Crippen LogP contribution >= 0.6 is 0 Å². The van der Waals surface area contributed by atoms with Crippen LogP contribution in [-0.4, -0.2) is 30.1 Å². The fourth-order valence-corrected chi connectivity index (χ4v) is 2.63. The van der Waals surface area contributed by atoms with E-state index in [1.807, 2.05) is 0 Å². The van der Waals surface area contributed by atoms with Crippen molar-refractivity contribution in [2.45, 2.75) is 44.6 Å². The van der Waals surface area contributed by atoms with Crippen molar-refractivity contribution in [2.75, 3.05) is 19.6 Å². The molecule has 0 aromatic heterocycles. The molecule has 1 heterocycles. The highest BCUT2D eigenvalue weighted by Gasteiger charge is 2.48.